The van der Waals surface area contributed by atoms with Crippen molar-refractivity contribution in [1.29, 1.82) is 0 Å². The quantitative estimate of drug-likeness (QED) is 0.529. The van der Waals surface area contributed by atoms with Crippen molar-refractivity contribution in [2.24, 2.45) is 0 Å². The van der Waals surface area contributed by atoms with E-state index in [4.69, 9.17) is 69.6 Å². The number of hydrogen-bond acceptors (Lipinski definition) is 6. The molecule has 1 saturated heterocycles. The molecular formula is C3Cl6O6S3. The van der Waals surface area contributed by atoms with E-state index in [0.29, 0.717) is 0 Å². The Bertz CT molecular complexity index is 562. The Morgan fingerprint density at radius 3 is 0.667 bits per heavy atom. The summed E-state index contributed by atoms with van der Waals surface area (Å²) in [6.07, 6.45) is 0. The van der Waals surface area contributed by atoms with Crippen LogP contribution in [0.1, 0.15) is 0 Å². The molecule has 1 aliphatic rings. The highest BCUT2D eigenvalue weighted by molar-refractivity contribution is 8.34. The summed E-state index contributed by atoms with van der Waals surface area (Å²) in [5, 5.41) is 0. The zero-order valence-electron chi connectivity index (χ0n) is 7.44. The third-order valence-electron chi connectivity index (χ3n) is 1.88. The summed E-state index contributed by atoms with van der Waals surface area (Å²) in [7, 11) is -16.5. The first-order valence-electron chi connectivity index (χ1n) is 3.36. The number of alkyl halides is 6. The average Bonchev–Trinajstić information content (AvgIpc) is 2.14. The minimum absolute atomic E-state index is 3.72. The van der Waals surface area contributed by atoms with Crippen LogP contribution in [-0.2, 0) is 29.5 Å². The highest BCUT2D eigenvalue weighted by Crippen LogP contribution is 2.61. The minimum atomic E-state index is -5.51. The third-order valence-corrected chi connectivity index (χ3v) is 16.9. The van der Waals surface area contributed by atoms with E-state index in [0.717, 1.165) is 0 Å². The number of hydrogen-bond donors (Lipinski definition) is 0. The normalized spacial score (nSPS) is 33.7. The molecule has 0 aromatic carbocycles. The fourth-order valence-corrected chi connectivity index (χ4v) is 15.1. The molecule has 0 aliphatic carbocycles. The predicted molar refractivity (Wildman–Crippen MR) is 70.1 cm³/mol. The molecule has 1 heterocycles. The Morgan fingerprint density at radius 1 is 0.444 bits per heavy atom. The molecule has 0 spiro atoms. The minimum Gasteiger partial charge on any atom is -0.220 e. The van der Waals surface area contributed by atoms with Gasteiger partial charge < -0.3 is 0 Å². The molecular weight excluding hydrogens is 441 g/mol. The Balaban J connectivity index is 4.10. The van der Waals surface area contributed by atoms with Crippen molar-refractivity contribution in [2.45, 2.75) is 8.99 Å². The van der Waals surface area contributed by atoms with Gasteiger partial charge in [0.25, 0.3) is 0 Å². The molecule has 0 amide bonds. The Hall–Kier alpha value is 1.59. The van der Waals surface area contributed by atoms with Crippen molar-refractivity contribution in [3.8, 4) is 0 Å². The van der Waals surface area contributed by atoms with Gasteiger partial charge in [0.05, 0.1) is 0 Å². The molecule has 15 heteroatoms. The lowest BCUT2D eigenvalue weighted by Gasteiger charge is -2.38. The highest BCUT2D eigenvalue weighted by atomic mass is 35.5. The smallest absolute Gasteiger partial charge is 0.220 e. The molecule has 0 aromatic heterocycles. The molecule has 0 aromatic rings. The van der Waals surface area contributed by atoms with Gasteiger partial charge in [-0.05, 0) is 0 Å². The van der Waals surface area contributed by atoms with Gasteiger partial charge in [-0.15, -0.1) is 0 Å². The monoisotopic (exact) mass is 438 g/mol. The SMILES string of the molecule is O=S1(=O)C(Cl)(Cl)S(=O)(=O)C(Cl)(Cl)S(=O)(=O)C1(Cl)Cl. The van der Waals surface area contributed by atoms with E-state index in [9.17, 15) is 25.3 Å². The summed E-state index contributed by atoms with van der Waals surface area (Å²) in [4.78, 5) is 0. The highest BCUT2D eigenvalue weighted by Gasteiger charge is 2.82. The van der Waals surface area contributed by atoms with Gasteiger partial charge in [0.2, 0.25) is 29.5 Å². The topological polar surface area (TPSA) is 102 Å². The molecule has 1 rings (SSSR count). The zero-order chi connectivity index (χ0) is 15.0. The Kier molecular flexibility index (Phi) is 3.99. The number of rotatable bonds is 0. The summed E-state index contributed by atoms with van der Waals surface area (Å²) in [5.41, 5.74) is 0. The first-order valence-corrected chi connectivity index (χ1v) is 10.1. The summed E-state index contributed by atoms with van der Waals surface area (Å²) in [6.45, 7) is 0. The predicted octanol–water partition coefficient (Wildman–Crippen LogP) is 1.51. The maximum Gasteiger partial charge on any atom is 0.326 e. The van der Waals surface area contributed by atoms with E-state index in [2.05, 4.69) is 0 Å². The van der Waals surface area contributed by atoms with Crippen molar-refractivity contribution in [1.82, 2.24) is 0 Å². The van der Waals surface area contributed by atoms with Gasteiger partial charge >= 0.3 is 8.99 Å². The lowest BCUT2D eigenvalue weighted by Crippen LogP contribution is -2.63. The number of halogens is 6. The van der Waals surface area contributed by atoms with Crippen molar-refractivity contribution in [2.75, 3.05) is 0 Å². The van der Waals surface area contributed by atoms with E-state index in [-0.39, 0.29) is 0 Å². The van der Waals surface area contributed by atoms with Crippen molar-refractivity contribution >= 4 is 99.1 Å². The average molecular weight is 441 g/mol. The fourth-order valence-electron chi connectivity index (χ4n) is 0.848. The first-order chi connectivity index (χ1) is 7.50. The standard InChI is InChI=1S/C3Cl6O6S3/c4-1(5)16(10,11)2(6,7)18(14,15)3(8,9)17(1,12)13. The van der Waals surface area contributed by atoms with Crippen molar-refractivity contribution in [3.05, 3.63) is 0 Å². The second-order valence-electron chi connectivity index (χ2n) is 2.90. The van der Waals surface area contributed by atoms with E-state index < -0.39 is 38.5 Å². The molecule has 18 heavy (non-hydrogen) atoms. The lowest BCUT2D eigenvalue weighted by atomic mass is 11.7. The van der Waals surface area contributed by atoms with Crippen LogP contribution >= 0.6 is 69.6 Å². The van der Waals surface area contributed by atoms with Crippen LogP contribution in [0.3, 0.4) is 0 Å². The van der Waals surface area contributed by atoms with Gasteiger partial charge in [-0.25, -0.2) is 25.3 Å². The molecule has 0 bridgehead atoms. The summed E-state index contributed by atoms with van der Waals surface area (Å²) in [6, 6.07) is 0. The van der Waals surface area contributed by atoms with Crippen LogP contribution in [-0.4, -0.2) is 34.2 Å². The van der Waals surface area contributed by atoms with Gasteiger partial charge in [0.1, 0.15) is 0 Å². The second kappa shape index (κ2) is 4.07. The van der Waals surface area contributed by atoms with E-state index >= 15 is 0 Å². The van der Waals surface area contributed by atoms with Crippen molar-refractivity contribution in [3.63, 3.8) is 0 Å². The van der Waals surface area contributed by atoms with Crippen LogP contribution in [0.4, 0.5) is 0 Å². The maximum atomic E-state index is 11.7. The summed E-state index contributed by atoms with van der Waals surface area (Å²) >= 11 is 30.8. The van der Waals surface area contributed by atoms with Crippen molar-refractivity contribution < 1.29 is 25.3 Å². The molecule has 108 valence electrons. The first kappa shape index (κ1) is 17.6. The molecule has 6 nitrogen and oxygen atoms in total. The molecule has 1 fully saturated rings. The zero-order valence-corrected chi connectivity index (χ0v) is 14.4. The lowest BCUT2D eigenvalue weighted by molar-refractivity contribution is 0.564. The molecule has 0 radical (unpaired) electrons. The largest absolute Gasteiger partial charge is 0.326 e. The van der Waals surface area contributed by atoms with Crippen LogP contribution in [0, 0.1) is 0 Å². The third kappa shape index (κ3) is 1.57. The van der Waals surface area contributed by atoms with Gasteiger partial charge in [-0.1, -0.05) is 69.6 Å². The van der Waals surface area contributed by atoms with Gasteiger partial charge in [0, 0.05) is 0 Å². The van der Waals surface area contributed by atoms with Crippen LogP contribution < -0.4 is 0 Å². The second-order valence-corrected chi connectivity index (χ2v) is 17.0. The Morgan fingerprint density at radius 2 is 0.556 bits per heavy atom. The number of sulfone groups is 3. The van der Waals surface area contributed by atoms with E-state index in [1.165, 1.54) is 0 Å². The van der Waals surface area contributed by atoms with Gasteiger partial charge in [-0.2, -0.15) is 0 Å². The van der Waals surface area contributed by atoms with Gasteiger partial charge in [-0.3, -0.25) is 0 Å². The summed E-state index contributed by atoms with van der Waals surface area (Å²) < 4.78 is 58.9. The van der Waals surface area contributed by atoms with E-state index in [1.807, 2.05) is 0 Å². The molecule has 0 N–H and O–H groups in total. The van der Waals surface area contributed by atoms with Crippen LogP contribution in [0.5, 0.6) is 0 Å². The maximum absolute atomic E-state index is 11.7. The molecule has 0 saturated carbocycles. The van der Waals surface area contributed by atoms with Crippen LogP contribution in [0.25, 0.3) is 0 Å². The Labute approximate surface area is 132 Å². The molecule has 0 atom stereocenters. The van der Waals surface area contributed by atoms with Gasteiger partial charge in [0.15, 0.2) is 0 Å². The van der Waals surface area contributed by atoms with E-state index in [1.54, 1.807) is 0 Å². The molecule has 0 unspecified atom stereocenters. The molecule has 1 aliphatic heterocycles. The fraction of sp³-hybridized carbons (Fsp3) is 1.00. The van der Waals surface area contributed by atoms with Crippen LogP contribution in [0.15, 0.2) is 0 Å². The summed E-state index contributed by atoms with van der Waals surface area (Å²) in [5.74, 6) is 0. The van der Waals surface area contributed by atoms with Crippen LogP contribution in [0.2, 0.25) is 0 Å².